The van der Waals surface area contributed by atoms with Crippen molar-refractivity contribution in [3.05, 3.63) is 11.6 Å². The molecule has 142 valence electrons. The summed E-state index contributed by atoms with van der Waals surface area (Å²) in [5, 5.41) is 12.3. The molecule has 1 fully saturated rings. The number of fused-ring (bicyclic) bond motifs is 1. The summed E-state index contributed by atoms with van der Waals surface area (Å²) in [6, 6.07) is 0. The Morgan fingerprint density at radius 2 is 2.04 bits per heavy atom. The predicted molar refractivity (Wildman–Crippen MR) is 113 cm³/mol. The van der Waals surface area contributed by atoms with Gasteiger partial charge in [-0.15, -0.1) is 34.2 Å². The SMILES string of the molecule is CN=C(NCCCc1nnc2n1CCCCC2)N1CCC(C)(C)C1.I. The molecule has 3 rings (SSSR count). The summed E-state index contributed by atoms with van der Waals surface area (Å²) < 4.78 is 2.35. The van der Waals surface area contributed by atoms with Crippen LogP contribution in [0, 0.1) is 5.41 Å². The molecule has 25 heavy (non-hydrogen) atoms. The first-order chi connectivity index (χ1) is 11.6. The molecule has 2 aliphatic heterocycles. The number of guanidine groups is 1. The van der Waals surface area contributed by atoms with Gasteiger partial charge in [0.25, 0.3) is 0 Å². The highest BCUT2D eigenvalue weighted by molar-refractivity contribution is 14.0. The minimum absolute atomic E-state index is 0. The number of aliphatic imine (C=N–C) groups is 1. The highest BCUT2D eigenvalue weighted by atomic mass is 127. The molecule has 1 aromatic rings. The normalized spacial score (nSPS) is 20.0. The van der Waals surface area contributed by atoms with Gasteiger partial charge in [-0.05, 0) is 31.1 Å². The van der Waals surface area contributed by atoms with Crippen molar-refractivity contribution in [1.82, 2.24) is 25.0 Å². The van der Waals surface area contributed by atoms with Crippen molar-refractivity contribution in [2.45, 2.75) is 65.3 Å². The molecule has 6 nitrogen and oxygen atoms in total. The monoisotopic (exact) mass is 460 g/mol. The molecular formula is C18H33IN6. The van der Waals surface area contributed by atoms with Crippen LogP contribution in [0.3, 0.4) is 0 Å². The van der Waals surface area contributed by atoms with E-state index in [9.17, 15) is 0 Å². The van der Waals surface area contributed by atoms with Crippen LogP contribution < -0.4 is 5.32 Å². The Morgan fingerprint density at radius 3 is 2.76 bits per heavy atom. The Bertz CT molecular complexity index is 580. The molecular weight excluding hydrogens is 427 g/mol. The molecule has 1 aromatic heterocycles. The average molecular weight is 460 g/mol. The fourth-order valence-electron chi connectivity index (χ4n) is 3.80. The van der Waals surface area contributed by atoms with Gasteiger partial charge in [0, 0.05) is 46.1 Å². The van der Waals surface area contributed by atoms with Crippen LogP contribution in [0.15, 0.2) is 4.99 Å². The van der Waals surface area contributed by atoms with Crippen molar-refractivity contribution in [2.75, 3.05) is 26.7 Å². The zero-order chi connectivity index (χ0) is 17.0. The molecule has 0 aromatic carbocycles. The minimum atomic E-state index is 0. The van der Waals surface area contributed by atoms with E-state index in [1.54, 1.807) is 0 Å². The first kappa shape index (κ1) is 20.5. The quantitative estimate of drug-likeness (QED) is 0.325. The van der Waals surface area contributed by atoms with Crippen molar-refractivity contribution >= 4 is 29.9 Å². The molecule has 0 saturated carbocycles. The number of hydrogen-bond donors (Lipinski definition) is 1. The number of likely N-dealkylation sites (tertiary alicyclic amines) is 1. The Hall–Kier alpha value is -0.860. The van der Waals surface area contributed by atoms with Gasteiger partial charge in [-0.2, -0.15) is 0 Å². The molecule has 0 aliphatic carbocycles. The van der Waals surface area contributed by atoms with Crippen molar-refractivity contribution in [2.24, 2.45) is 10.4 Å². The highest BCUT2D eigenvalue weighted by Gasteiger charge is 2.30. The summed E-state index contributed by atoms with van der Waals surface area (Å²) in [5.41, 5.74) is 0.400. The molecule has 0 radical (unpaired) electrons. The molecule has 0 unspecified atom stereocenters. The fraction of sp³-hybridized carbons (Fsp3) is 0.833. The second-order valence-corrected chi connectivity index (χ2v) is 7.91. The Labute approximate surface area is 168 Å². The lowest BCUT2D eigenvalue weighted by atomic mass is 9.93. The zero-order valence-electron chi connectivity index (χ0n) is 15.9. The van der Waals surface area contributed by atoms with Gasteiger partial charge < -0.3 is 14.8 Å². The van der Waals surface area contributed by atoms with E-state index in [1.165, 1.54) is 31.5 Å². The highest BCUT2D eigenvalue weighted by Crippen LogP contribution is 2.28. The Kier molecular flexibility index (Phi) is 7.51. The molecule has 1 N–H and O–H groups in total. The summed E-state index contributed by atoms with van der Waals surface area (Å²) in [5.74, 6) is 3.39. The third kappa shape index (κ3) is 5.31. The van der Waals surface area contributed by atoms with E-state index >= 15 is 0 Å². The number of aryl methyl sites for hydroxylation is 2. The second-order valence-electron chi connectivity index (χ2n) is 7.91. The smallest absolute Gasteiger partial charge is 0.193 e. The van der Waals surface area contributed by atoms with Gasteiger partial charge in [-0.25, -0.2) is 0 Å². The number of rotatable bonds is 4. The molecule has 0 spiro atoms. The van der Waals surface area contributed by atoms with Gasteiger partial charge in [-0.3, -0.25) is 4.99 Å². The maximum atomic E-state index is 4.45. The fourth-order valence-corrected chi connectivity index (χ4v) is 3.80. The van der Waals surface area contributed by atoms with E-state index in [0.717, 1.165) is 57.2 Å². The third-order valence-electron chi connectivity index (χ3n) is 5.24. The molecule has 0 atom stereocenters. The number of hydrogen-bond acceptors (Lipinski definition) is 3. The van der Waals surface area contributed by atoms with Crippen LogP contribution in [0.1, 0.15) is 57.6 Å². The number of aromatic nitrogens is 3. The molecule has 1 saturated heterocycles. The van der Waals surface area contributed by atoms with Crippen LogP contribution in [-0.4, -0.2) is 52.3 Å². The van der Waals surface area contributed by atoms with Crippen LogP contribution in [0.2, 0.25) is 0 Å². The number of nitrogens with one attached hydrogen (secondary N) is 1. The van der Waals surface area contributed by atoms with E-state index in [2.05, 4.69) is 43.8 Å². The molecule has 7 heteroatoms. The van der Waals surface area contributed by atoms with Crippen molar-refractivity contribution in [1.29, 1.82) is 0 Å². The Balaban J connectivity index is 0.00000225. The molecule has 0 bridgehead atoms. The van der Waals surface area contributed by atoms with Crippen LogP contribution in [-0.2, 0) is 19.4 Å². The lowest BCUT2D eigenvalue weighted by Crippen LogP contribution is -2.41. The van der Waals surface area contributed by atoms with E-state index in [1.807, 2.05) is 7.05 Å². The topological polar surface area (TPSA) is 58.3 Å². The summed E-state index contributed by atoms with van der Waals surface area (Å²) in [7, 11) is 1.88. The molecule has 0 amide bonds. The van der Waals surface area contributed by atoms with Gasteiger partial charge >= 0.3 is 0 Å². The molecule has 2 aliphatic rings. The summed E-state index contributed by atoms with van der Waals surface area (Å²) >= 11 is 0. The Morgan fingerprint density at radius 1 is 1.20 bits per heavy atom. The van der Waals surface area contributed by atoms with Crippen molar-refractivity contribution < 1.29 is 0 Å². The van der Waals surface area contributed by atoms with Gasteiger partial charge in [0.2, 0.25) is 0 Å². The minimum Gasteiger partial charge on any atom is -0.356 e. The van der Waals surface area contributed by atoms with Gasteiger partial charge in [0.1, 0.15) is 11.6 Å². The summed E-state index contributed by atoms with van der Waals surface area (Å²) in [6.45, 7) is 8.88. The maximum absolute atomic E-state index is 4.45. The van der Waals surface area contributed by atoms with Crippen LogP contribution in [0.4, 0.5) is 0 Å². The van der Waals surface area contributed by atoms with Crippen LogP contribution in [0.25, 0.3) is 0 Å². The largest absolute Gasteiger partial charge is 0.356 e. The molecule has 3 heterocycles. The third-order valence-corrected chi connectivity index (χ3v) is 5.24. The predicted octanol–water partition coefficient (Wildman–Crippen LogP) is 2.86. The lowest BCUT2D eigenvalue weighted by Gasteiger charge is -2.23. The van der Waals surface area contributed by atoms with Gasteiger partial charge in [-0.1, -0.05) is 20.3 Å². The van der Waals surface area contributed by atoms with Crippen molar-refractivity contribution in [3.8, 4) is 0 Å². The second kappa shape index (κ2) is 9.19. The standard InChI is InChI=1S/C18H32N6.HI/c1-18(2)10-13-23(14-18)17(19-3)20-11-7-9-16-22-21-15-8-5-4-6-12-24(15)16;/h4-14H2,1-3H3,(H,19,20);1H. The average Bonchev–Trinajstić information content (AvgIpc) is 3.01. The summed E-state index contributed by atoms with van der Waals surface area (Å²) in [6.07, 6.45) is 8.20. The first-order valence-corrected chi connectivity index (χ1v) is 9.46. The van der Waals surface area contributed by atoms with Gasteiger partial charge in [0.05, 0.1) is 0 Å². The van der Waals surface area contributed by atoms with Crippen molar-refractivity contribution in [3.63, 3.8) is 0 Å². The van der Waals surface area contributed by atoms with E-state index in [0.29, 0.717) is 5.41 Å². The van der Waals surface area contributed by atoms with E-state index in [4.69, 9.17) is 0 Å². The van der Waals surface area contributed by atoms with E-state index < -0.39 is 0 Å². The number of halogens is 1. The zero-order valence-corrected chi connectivity index (χ0v) is 18.3. The van der Waals surface area contributed by atoms with E-state index in [-0.39, 0.29) is 24.0 Å². The summed E-state index contributed by atoms with van der Waals surface area (Å²) in [4.78, 5) is 6.83. The lowest BCUT2D eigenvalue weighted by molar-refractivity contribution is 0.370. The van der Waals surface area contributed by atoms with Crippen LogP contribution >= 0.6 is 24.0 Å². The van der Waals surface area contributed by atoms with Crippen LogP contribution in [0.5, 0.6) is 0 Å². The number of nitrogens with zero attached hydrogens (tertiary/aromatic N) is 5. The first-order valence-electron chi connectivity index (χ1n) is 9.46. The van der Waals surface area contributed by atoms with Gasteiger partial charge in [0.15, 0.2) is 5.96 Å². The maximum Gasteiger partial charge on any atom is 0.193 e.